The van der Waals surface area contributed by atoms with E-state index in [4.69, 9.17) is 10.3 Å². The van der Waals surface area contributed by atoms with E-state index in [1.807, 2.05) is 36.4 Å². The van der Waals surface area contributed by atoms with Crippen LogP contribution in [0.15, 0.2) is 58.1 Å². The van der Waals surface area contributed by atoms with Gasteiger partial charge in [-0.2, -0.15) is 4.98 Å². The van der Waals surface area contributed by atoms with Crippen molar-refractivity contribution in [3.05, 3.63) is 54.5 Å². The van der Waals surface area contributed by atoms with Crippen LogP contribution in [0.5, 0.6) is 0 Å². The molecule has 0 aliphatic rings. The second kappa shape index (κ2) is 5.75. The standard InChI is InChI=1S/C14H12N4OS/c15-12-7-6-11(8-16-12)20-9-13-17-14(19-18-13)10-4-2-1-3-5-10/h1-8H,9H2,(H2,15,16). The van der Waals surface area contributed by atoms with Gasteiger partial charge in [0.25, 0.3) is 5.89 Å². The van der Waals surface area contributed by atoms with Crippen molar-refractivity contribution in [3.63, 3.8) is 0 Å². The zero-order valence-electron chi connectivity index (χ0n) is 10.6. The molecule has 6 heteroatoms. The van der Waals surface area contributed by atoms with Crippen molar-refractivity contribution < 1.29 is 4.52 Å². The summed E-state index contributed by atoms with van der Waals surface area (Å²) in [5, 5.41) is 3.97. The minimum Gasteiger partial charge on any atom is -0.384 e. The molecule has 2 heterocycles. The smallest absolute Gasteiger partial charge is 0.257 e. The number of benzene rings is 1. The van der Waals surface area contributed by atoms with Crippen molar-refractivity contribution in [3.8, 4) is 11.5 Å². The molecule has 0 unspecified atom stereocenters. The number of nitrogen functional groups attached to an aromatic ring is 1. The van der Waals surface area contributed by atoms with Crippen molar-refractivity contribution in [1.82, 2.24) is 15.1 Å². The van der Waals surface area contributed by atoms with Gasteiger partial charge in [0, 0.05) is 16.7 Å². The van der Waals surface area contributed by atoms with E-state index in [-0.39, 0.29) is 0 Å². The Morgan fingerprint density at radius 1 is 1.10 bits per heavy atom. The first-order chi connectivity index (χ1) is 9.81. The Kier molecular flexibility index (Phi) is 3.64. The van der Waals surface area contributed by atoms with E-state index >= 15 is 0 Å². The normalized spacial score (nSPS) is 10.6. The van der Waals surface area contributed by atoms with Crippen molar-refractivity contribution in [2.24, 2.45) is 0 Å². The lowest BCUT2D eigenvalue weighted by Crippen LogP contribution is -1.89. The third kappa shape index (κ3) is 2.97. The highest BCUT2D eigenvalue weighted by Crippen LogP contribution is 2.23. The lowest BCUT2D eigenvalue weighted by Gasteiger charge is -1.97. The lowest BCUT2D eigenvalue weighted by molar-refractivity contribution is 0.425. The SMILES string of the molecule is Nc1ccc(SCc2noc(-c3ccccc3)n2)cn1. The fraction of sp³-hybridized carbons (Fsp3) is 0.0714. The molecule has 0 radical (unpaired) electrons. The van der Waals surface area contributed by atoms with E-state index in [2.05, 4.69) is 15.1 Å². The van der Waals surface area contributed by atoms with Crippen molar-refractivity contribution in [2.45, 2.75) is 10.6 Å². The first-order valence-electron chi connectivity index (χ1n) is 6.03. The molecule has 0 atom stereocenters. The van der Waals surface area contributed by atoms with Gasteiger partial charge in [-0.15, -0.1) is 11.8 Å². The van der Waals surface area contributed by atoms with Crippen LogP contribution in [0.1, 0.15) is 5.82 Å². The number of thioether (sulfide) groups is 1. The number of aromatic nitrogens is 3. The van der Waals surface area contributed by atoms with Crippen LogP contribution in [0.25, 0.3) is 11.5 Å². The fourth-order valence-electron chi connectivity index (χ4n) is 1.64. The molecule has 0 fully saturated rings. The molecule has 0 saturated heterocycles. The molecular formula is C14H12N4OS. The van der Waals surface area contributed by atoms with E-state index in [1.54, 1.807) is 24.0 Å². The van der Waals surface area contributed by atoms with Gasteiger partial charge in [-0.05, 0) is 24.3 Å². The molecule has 0 aliphatic heterocycles. The number of nitrogens with zero attached hydrogens (tertiary/aromatic N) is 3. The Labute approximate surface area is 120 Å². The summed E-state index contributed by atoms with van der Waals surface area (Å²) >= 11 is 1.59. The largest absolute Gasteiger partial charge is 0.384 e. The van der Waals surface area contributed by atoms with Crippen LogP contribution in [0.4, 0.5) is 5.82 Å². The van der Waals surface area contributed by atoms with Crippen LogP contribution in [-0.2, 0) is 5.75 Å². The summed E-state index contributed by atoms with van der Waals surface area (Å²) in [6.45, 7) is 0. The van der Waals surface area contributed by atoms with Gasteiger partial charge in [0.05, 0.1) is 5.75 Å². The van der Waals surface area contributed by atoms with Crippen molar-refractivity contribution >= 4 is 17.6 Å². The van der Waals surface area contributed by atoms with Gasteiger partial charge in [0.15, 0.2) is 5.82 Å². The summed E-state index contributed by atoms with van der Waals surface area (Å²) < 4.78 is 5.25. The predicted molar refractivity (Wildman–Crippen MR) is 77.9 cm³/mol. The van der Waals surface area contributed by atoms with E-state index in [0.29, 0.717) is 23.3 Å². The fourth-order valence-corrected chi connectivity index (χ4v) is 2.34. The minimum absolute atomic E-state index is 0.514. The molecule has 0 amide bonds. The second-order valence-corrected chi connectivity index (χ2v) is 5.14. The van der Waals surface area contributed by atoms with Gasteiger partial charge in [-0.1, -0.05) is 23.4 Å². The first-order valence-corrected chi connectivity index (χ1v) is 7.02. The molecule has 0 bridgehead atoms. The average Bonchev–Trinajstić information content (AvgIpc) is 2.97. The molecule has 20 heavy (non-hydrogen) atoms. The van der Waals surface area contributed by atoms with E-state index < -0.39 is 0 Å². The summed E-state index contributed by atoms with van der Waals surface area (Å²) in [6, 6.07) is 13.4. The third-order valence-corrected chi connectivity index (χ3v) is 3.59. The van der Waals surface area contributed by atoms with Crippen molar-refractivity contribution in [2.75, 3.05) is 5.73 Å². The molecule has 100 valence electrons. The van der Waals surface area contributed by atoms with Crippen LogP contribution in [0, 0.1) is 0 Å². The van der Waals surface area contributed by atoms with Crippen LogP contribution in [0.2, 0.25) is 0 Å². The van der Waals surface area contributed by atoms with E-state index in [0.717, 1.165) is 10.5 Å². The Hall–Kier alpha value is -2.34. The van der Waals surface area contributed by atoms with Gasteiger partial charge in [-0.3, -0.25) is 0 Å². The first kappa shape index (κ1) is 12.7. The predicted octanol–water partition coefficient (Wildman–Crippen LogP) is 3.01. The molecule has 2 aromatic heterocycles. The minimum atomic E-state index is 0.514. The van der Waals surface area contributed by atoms with Gasteiger partial charge in [0.2, 0.25) is 0 Å². The third-order valence-electron chi connectivity index (χ3n) is 2.62. The molecular weight excluding hydrogens is 272 g/mol. The van der Waals surface area contributed by atoms with E-state index in [1.165, 1.54) is 0 Å². The monoisotopic (exact) mass is 284 g/mol. The van der Waals surface area contributed by atoms with Crippen LogP contribution < -0.4 is 5.73 Å². The van der Waals surface area contributed by atoms with Crippen LogP contribution in [-0.4, -0.2) is 15.1 Å². The summed E-state index contributed by atoms with van der Waals surface area (Å²) in [6.07, 6.45) is 1.73. The highest BCUT2D eigenvalue weighted by Gasteiger charge is 2.08. The molecule has 1 aromatic carbocycles. The van der Waals surface area contributed by atoms with Gasteiger partial charge >= 0.3 is 0 Å². The van der Waals surface area contributed by atoms with E-state index in [9.17, 15) is 0 Å². The zero-order valence-corrected chi connectivity index (χ0v) is 11.4. The van der Waals surface area contributed by atoms with Gasteiger partial charge in [0.1, 0.15) is 5.82 Å². The van der Waals surface area contributed by atoms with Gasteiger partial charge < -0.3 is 10.3 Å². The number of hydrogen-bond acceptors (Lipinski definition) is 6. The summed E-state index contributed by atoms with van der Waals surface area (Å²) in [7, 11) is 0. The number of rotatable bonds is 4. The molecule has 5 nitrogen and oxygen atoms in total. The van der Waals surface area contributed by atoms with Crippen LogP contribution in [0.3, 0.4) is 0 Å². The second-order valence-electron chi connectivity index (χ2n) is 4.09. The number of hydrogen-bond donors (Lipinski definition) is 1. The Morgan fingerprint density at radius 3 is 2.70 bits per heavy atom. The maximum absolute atomic E-state index is 5.54. The number of nitrogens with two attached hydrogens (primary N) is 1. The Balaban J connectivity index is 1.67. The Morgan fingerprint density at radius 2 is 1.95 bits per heavy atom. The highest BCUT2D eigenvalue weighted by molar-refractivity contribution is 7.98. The summed E-state index contributed by atoms with van der Waals surface area (Å²) in [5.41, 5.74) is 6.46. The van der Waals surface area contributed by atoms with Crippen LogP contribution >= 0.6 is 11.8 Å². The number of anilines is 1. The number of pyridine rings is 1. The maximum atomic E-state index is 5.54. The quantitative estimate of drug-likeness (QED) is 0.742. The average molecular weight is 284 g/mol. The zero-order chi connectivity index (χ0) is 13.8. The highest BCUT2D eigenvalue weighted by atomic mass is 32.2. The molecule has 3 rings (SSSR count). The Bertz CT molecular complexity index is 682. The van der Waals surface area contributed by atoms with Crippen molar-refractivity contribution in [1.29, 1.82) is 0 Å². The molecule has 0 aliphatic carbocycles. The maximum Gasteiger partial charge on any atom is 0.257 e. The molecule has 0 saturated carbocycles. The van der Waals surface area contributed by atoms with Gasteiger partial charge in [-0.25, -0.2) is 4.98 Å². The molecule has 3 aromatic rings. The topological polar surface area (TPSA) is 77.8 Å². The summed E-state index contributed by atoms with van der Waals surface area (Å²) in [4.78, 5) is 9.43. The summed E-state index contributed by atoms with van der Waals surface area (Å²) in [5.74, 6) is 2.34. The lowest BCUT2D eigenvalue weighted by atomic mass is 10.2. The molecule has 0 spiro atoms. The molecule has 2 N–H and O–H groups in total.